The molecule has 1 heterocycles. The summed E-state index contributed by atoms with van der Waals surface area (Å²) < 4.78 is 23.2. The van der Waals surface area contributed by atoms with Crippen molar-refractivity contribution in [1.29, 1.82) is 0 Å². The third-order valence-corrected chi connectivity index (χ3v) is 6.23. The molecular formula is C9H16O2S. The van der Waals surface area contributed by atoms with Crippen molar-refractivity contribution >= 4 is 9.84 Å². The van der Waals surface area contributed by atoms with Crippen molar-refractivity contribution in [2.24, 2.45) is 0 Å². The van der Waals surface area contributed by atoms with E-state index in [1.165, 1.54) is 6.42 Å². The van der Waals surface area contributed by atoms with E-state index in [9.17, 15) is 8.42 Å². The number of hydrogen-bond acceptors (Lipinski definition) is 2. The fourth-order valence-corrected chi connectivity index (χ4v) is 5.04. The van der Waals surface area contributed by atoms with Crippen LogP contribution in [0.5, 0.6) is 0 Å². The molecule has 0 amide bonds. The molecule has 1 saturated carbocycles. The normalized spacial score (nSPS) is 32.3. The molecule has 0 aromatic rings. The van der Waals surface area contributed by atoms with Crippen LogP contribution < -0.4 is 0 Å². The van der Waals surface area contributed by atoms with Crippen molar-refractivity contribution in [1.82, 2.24) is 0 Å². The van der Waals surface area contributed by atoms with Gasteiger partial charge in [0, 0.05) is 0 Å². The molecule has 0 aromatic carbocycles. The number of hydrogen-bond donors (Lipinski definition) is 0. The Morgan fingerprint density at radius 2 is 1.42 bits per heavy atom. The second-order valence-corrected chi connectivity index (χ2v) is 6.67. The van der Waals surface area contributed by atoms with Crippen molar-refractivity contribution in [3.05, 3.63) is 0 Å². The van der Waals surface area contributed by atoms with Crippen LogP contribution in [-0.2, 0) is 9.84 Å². The maximum atomic E-state index is 11.7. The Morgan fingerprint density at radius 1 is 0.833 bits per heavy atom. The molecule has 0 unspecified atom stereocenters. The molecule has 12 heavy (non-hydrogen) atoms. The van der Waals surface area contributed by atoms with Crippen molar-refractivity contribution in [3.8, 4) is 0 Å². The molecule has 1 saturated heterocycles. The minimum Gasteiger partial charge on any atom is -0.228 e. The van der Waals surface area contributed by atoms with Gasteiger partial charge >= 0.3 is 0 Å². The summed E-state index contributed by atoms with van der Waals surface area (Å²) in [5.41, 5.74) is 0. The molecule has 1 spiro atoms. The highest BCUT2D eigenvalue weighted by Gasteiger charge is 2.47. The zero-order valence-electron chi connectivity index (χ0n) is 7.38. The zero-order valence-corrected chi connectivity index (χ0v) is 8.20. The van der Waals surface area contributed by atoms with Gasteiger partial charge in [-0.2, -0.15) is 0 Å². The molecule has 1 aliphatic carbocycles. The molecule has 0 radical (unpaired) electrons. The largest absolute Gasteiger partial charge is 0.228 e. The molecule has 0 N–H and O–H groups in total. The summed E-state index contributed by atoms with van der Waals surface area (Å²) in [6.07, 6.45) is 7.21. The molecule has 1 aliphatic heterocycles. The Labute approximate surface area is 74.3 Å². The number of rotatable bonds is 0. The van der Waals surface area contributed by atoms with Gasteiger partial charge in [0.25, 0.3) is 0 Å². The number of sulfone groups is 1. The summed E-state index contributed by atoms with van der Waals surface area (Å²) in [7, 11) is -2.71. The van der Waals surface area contributed by atoms with Crippen molar-refractivity contribution < 1.29 is 8.42 Å². The van der Waals surface area contributed by atoms with E-state index in [-0.39, 0.29) is 4.75 Å². The Balaban J connectivity index is 2.29. The minimum atomic E-state index is -2.71. The topological polar surface area (TPSA) is 34.1 Å². The average molecular weight is 188 g/mol. The lowest BCUT2D eigenvalue weighted by Crippen LogP contribution is -2.36. The molecule has 70 valence electrons. The molecule has 2 fully saturated rings. The first-order valence-electron chi connectivity index (χ1n) is 4.89. The highest BCUT2D eigenvalue weighted by molar-refractivity contribution is 7.93. The zero-order chi connectivity index (χ0) is 8.66. The lowest BCUT2D eigenvalue weighted by molar-refractivity contribution is 0.370. The summed E-state index contributed by atoms with van der Waals surface area (Å²) in [6.45, 7) is 0. The van der Waals surface area contributed by atoms with Gasteiger partial charge in [-0.05, 0) is 25.7 Å². The molecule has 3 heteroatoms. The van der Waals surface area contributed by atoms with E-state index in [0.29, 0.717) is 5.75 Å². The second kappa shape index (κ2) is 2.72. The quantitative estimate of drug-likeness (QED) is 0.582. The van der Waals surface area contributed by atoms with Gasteiger partial charge < -0.3 is 0 Å². The van der Waals surface area contributed by atoms with E-state index in [2.05, 4.69) is 0 Å². The molecular weight excluding hydrogens is 172 g/mol. The van der Waals surface area contributed by atoms with Gasteiger partial charge in [0.2, 0.25) is 0 Å². The van der Waals surface area contributed by atoms with Gasteiger partial charge in [0.15, 0.2) is 9.84 Å². The van der Waals surface area contributed by atoms with Gasteiger partial charge in [-0.3, -0.25) is 0 Å². The predicted molar refractivity (Wildman–Crippen MR) is 48.8 cm³/mol. The van der Waals surface area contributed by atoms with Gasteiger partial charge in [-0.15, -0.1) is 0 Å². The van der Waals surface area contributed by atoms with E-state index in [4.69, 9.17) is 0 Å². The molecule has 0 aromatic heterocycles. The highest BCUT2D eigenvalue weighted by atomic mass is 32.2. The third-order valence-electron chi connectivity index (χ3n) is 3.47. The van der Waals surface area contributed by atoms with Gasteiger partial charge in [0.1, 0.15) is 0 Å². The monoisotopic (exact) mass is 188 g/mol. The average Bonchev–Trinajstić information content (AvgIpc) is 2.30. The van der Waals surface area contributed by atoms with Crippen LogP contribution in [0, 0.1) is 0 Å². The lowest BCUT2D eigenvalue weighted by atomic mass is 9.85. The molecule has 2 nitrogen and oxygen atoms in total. The fraction of sp³-hybridized carbons (Fsp3) is 1.00. The third kappa shape index (κ3) is 1.10. The van der Waals surface area contributed by atoms with Gasteiger partial charge in [0.05, 0.1) is 10.5 Å². The van der Waals surface area contributed by atoms with Crippen LogP contribution in [0.2, 0.25) is 0 Å². The van der Waals surface area contributed by atoms with Crippen LogP contribution in [0.15, 0.2) is 0 Å². The van der Waals surface area contributed by atoms with E-state index < -0.39 is 9.84 Å². The summed E-state index contributed by atoms with van der Waals surface area (Å²) >= 11 is 0. The summed E-state index contributed by atoms with van der Waals surface area (Å²) in [5.74, 6) is 0.451. The van der Waals surface area contributed by atoms with E-state index >= 15 is 0 Å². The standard InChI is InChI=1S/C9H16O2S/c10-12(11)8-4-7-9(12)5-2-1-3-6-9/h1-8H2. The maximum Gasteiger partial charge on any atom is 0.156 e. The van der Waals surface area contributed by atoms with Crippen LogP contribution in [0.3, 0.4) is 0 Å². The van der Waals surface area contributed by atoms with Crippen LogP contribution >= 0.6 is 0 Å². The van der Waals surface area contributed by atoms with E-state index in [0.717, 1.165) is 38.5 Å². The highest BCUT2D eigenvalue weighted by Crippen LogP contribution is 2.43. The van der Waals surface area contributed by atoms with Crippen LogP contribution in [0.25, 0.3) is 0 Å². The minimum absolute atomic E-state index is 0.259. The van der Waals surface area contributed by atoms with Crippen molar-refractivity contribution in [2.75, 3.05) is 5.75 Å². The van der Waals surface area contributed by atoms with Crippen LogP contribution in [0.1, 0.15) is 44.9 Å². The molecule has 2 rings (SSSR count). The summed E-state index contributed by atoms with van der Waals surface area (Å²) in [5, 5.41) is 0. The molecule has 0 atom stereocenters. The molecule has 0 bridgehead atoms. The Kier molecular flexibility index (Phi) is 1.94. The van der Waals surface area contributed by atoms with Crippen molar-refractivity contribution in [2.45, 2.75) is 49.7 Å². The summed E-state index contributed by atoms with van der Waals surface area (Å²) in [6, 6.07) is 0. The first kappa shape index (κ1) is 8.54. The van der Waals surface area contributed by atoms with Gasteiger partial charge in [-0.25, -0.2) is 8.42 Å². The van der Waals surface area contributed by atoms with Crippen molar-refractivity contribution in [3.63, 3.8) is 0 Å². The van der Waals surface area contributed by atoms with Gasteiger partial charge in [-0.1, -0.05) is 19.3 Å². The van der Waals surface area contributed by atoms with Crippen LogP contribution in [0.4, 0.5) is 0 Å². The smallest absolute Gasteiger partial charge is 0.156 e. The lowest BCUT2D eigenvalue weighted by Gasteiger charge is -2.31. The van der Waals surface area contributed by atoms with Crippen LogP contribution in [-0.4, -0.2) is 18.9 Å². The predicted octanol–water partition coefficient (Wildman–Crippen LogP) is 1.90. The van der Waals surface area contributed by atoms with E-state index in [1.54, 1.807) is 0 Å². The fourth-order valence-electron chi connectivity index (χ4n) is 2.71. The molecule has 2 aliphatic rings. The Bertz CT molecular complexity index is 260. The first-order valence-corrected chi connectivity index (χ1v) is 6.54. The maximum absolute atomic E-state index is 11.7. The second-order valence-electron chi connectivity index (χ2n) is 4.17. The Hall–Kier alpha value is -0.0500. The summed E-state index contributed by atoms with van der Waals surface area (Å²) in [4.78, 5) is 0. The first-order chi connectivity index (χ1) is 5.66. The SMILES string of the molecule is O=S1(=O)CCCC12CCCCC2. The Morgan fingerprint density at radius 3 is 1.92 bits per heavy atom. The van der Waals surface area contributed by atoms with E-state index in [1.807, 2.05) is 0 Å².